The zero-order valence-corrected chi connectivity index (χ0v) is 14.5. The Bertz CT molecular complexity index is 611. The molecular formula is C20H27NO3. The maximum Gasteiger partial charge on any atom is 0.310 e. The van der Waals surface area contributed by atoms with Crippen LogP contribution in [0.2, 0.25) is 0 Å². The Hall–Kier alpha value is -1.84. The number of fused-ring (bicyclic) bond motifs is 1. The van der Waals surface area contributed by atoms with E-state index in [0.717, 1.165) is 37.7 Å². The number of ether oxygens (including phenoxy) is 1. The minimum Gasteiger partial charge on any atom is -0.455 e. The molecule has 1 aromatic carbocycles. The third kappa shape index (κ3) is 4.37. The van der Waals surface area contributed by atoms with E-state index in [1.165, 1.54) is 24.0 Å². The number of esters is 1. The highest BCUT2D eigenvalue weighted by molar-refractivity contribution is 5.81. The minimum atomic E-state index is -0.334. The second-order valence-electron chi connectivity index (χ2n) is 7.23. The van der Waals surface area contributed by atoms with Crippen LogP contribution < -0.4 is 5.32 Å². The normalized spacial score (nSPS) is 22.7. The van der Waals surface area contributed by atoms with E-state index >= 15 is 0 Å². The molecular weight excluding hydrogens is 302 g/mol. The molecule has 24 heavy (non-hydrogen) atoms. The van der Waals surface area contributed by atoms with Gasteiger partial charge in [0, 0.05) is 6.04 Å². The Labute approximate surface area is 144 Å². The molecule has 0 bridgehead atoms. The van der Waals surface area contributed by atoms with E-state index in [9.17, 15) is 9.59 Å². The van der Waals surface area contributed by atoms with Crippen LogP contribution in [0.4, 0.5) is 0 Å². The van der Waals surface area contributed by atoms with E-state index in [1.54, 1.807) is 0 Å². The quantitative estimate of drug-likeness (QED) is 0.845. The molecule has 2 aliphatic rings. The van der Waals surface area contributed by atoms with Crippen LogP contribution in [0.25, 0.3) is 0 Å². The van der Waals surface area contributed by atoms with Gasteiger partial charge >= 0.3 is 5.97 Å². The van der Waals surface area contributed by atoms with E-state index < -0.39 is 0 Å². The first-order valence-corrected chi connectivity index (χ1v) is 9.17. The number of benzene rings is 1. The van der Waals surface area contributed by atoms with Crippen LogP contribution >= 0.6 is 0 Å². The fourth-order valence-electron chi connectivity index (χ4n) is 3.88. The van der Waals surface area contributed by atoms with Crippen molar-refractivity contribution in [1.82, 2.24) is 5.32 Å². The molecule has 2 aliphatic carbocycles. The van der Waals surface area contributed by atoms with Crippen molar-refractivity contribution in [3.8, 4) is 0 Å². The largest absolute Gasteiger partial charge is 0.455 e. The van der Waals surface area contributed by atoms with Crippen LogP contribution in [-0.4, -0.2) is 24.5 Å². The van der Waals surface area contributed by atoms with Crippen molar-refractivity contribution in [3.05, 3.63) is 34.9 Å². The third-order valence-electron chi connectivity index (χ3n) is 5.33. The zero-order valence-electron chi connectivity index (χ0n) is 14.5. The molecule has 1 fully saturated rings. The van der Waals surface area contributed by atoms with Gasteiger partial charge in [0.1, 0.15) is 0 Å². The van der Waals surface area contributed by atoms with E-state index in [2.05, 4.69) is 24.4 Å². The lowest BCUT2D eigenvalue weighted by Crippen LogP contribution is -2.42. The topological polar surface area (TPSA) is 55.4 Å². The number of aryl methyl sites for hydroxylation is 2. The van der Waals surface area contributed by atoms with E-state index in [0.29, 0.717) is 5.92 Å². The van der Waals surface area contributed by atoms with Crippen molar-refractivity contribution < 1.29 is 14.3 Å². The fraction of sp³-hybridized carbons (Fsp3) is 0.600. The third-order valence-corrected chi connectivity index (χ3v) is 5.33. The van der Waals surface area contributed by atoms with Gasteiger partial charge in [-0.3, -0.25) is 9.59 Å². The number of rotatable bonds is 5. The minimum absolute atomic E-state index is 0.174. The first-order chi connectivity index (χ1) is 11.6. The summed E-state index contributed by atoms with van der Waals surface area (Å²) in [5.74, 6) is -0.0133. The highest BCUT2D eigenvalue weighted by Gasteiger charge is 2.23. The summed E-state index contributed by atoms with van der Waals surface area (Å²) in [4.78, 5) is 24.0. The molecule has 1 aromatic rings. The van der Waals surface area contributed by atoms with Crippen LogP contribution in [0, 0.1) is 5.92 Å². The predicted octanol–water partition coefficient (Wildman–Crippen LogP) is 2.96. The van der Waals surface area contributed by atoms with Crippen molar-refractivity contribution >= 4 is 11.9 Å². The van der Waals surface area contributed by atoms with Crippen LogP contribution in [0.15, 0.2) is 18.2 Å². The number of carbonyl (C=O) groups is 2. The second-order valence-corrected chi connectivity index (χ2v) is 7.23. The smallest absolute Gasteiger partial charge is 0.310 e. The highest BCUT2D eigenvalue weighted by Crippen LogP contribution is 2.24. The van der Waals surface area contributed by atoms with Crippen molar-refractivity contribution in [2.75, 3.05) is 6.61 Å². The molecule has 0 radical (unpaired) electrons. The van der Waals surface area contributed by atoms with Gasteiger partial charge in [-0.25, -0.2) is 0 Å². The average molecular weight is 329 g/mol. The summed E-state index contributed by atoms with van der Waals surface area (Å²) in [5, 5.41) is 3.01. The molecule has 4 nitrogen and oxygen atoms in total. The van der Waals surface area contributed by atoms with Crippen LogP contribution in [0.1, 0.15) is 55.7 Å². The predicted molar refractivity (Wildman–Crippen MR) is 92.7 cm³/mol. The maximum atomic E-state index is 12.0. The van der Waals surface area contributed by atoms with Gasteiger partial charge in [0.25, 0.3) is 5.91 Å². The number of hydrogen-bond acceptors (Lipinski definition) is 3. The molecule has 0 spiro atoms. The Morgan fingerprint density at radius 2 is 1.92 bits per heavy atom. The molecule has 0 heterocycles. The van der Waals surface area contributed by atoms with Crippen molar-refractivity contribution in [3.63, 3.8) is 0 Å². The number of nitrogens with one attached hydrogen (secondary N) is 1. The molecule has 1 N–H and O–H groups in total. The van der Waals surface area contributed by atoms with E-state index in [4.69, 9.17) is 4.74 Å². The molecule has 0 unspecified atom stereocenters. The fourth-order valence-corrected chi connectivity index (χ4v) is 3.88. The lowest BCUT2D eigenvalue weighted by molar-refractivity contribution is -0.148. The van der Waals surface area contributed by atoms with Gasteiger partial charge in [-0.05, 0) is 54.7 Å². The SMILES string of the molecule is C[C@@H]1CCCC[C@H]1NC(=O)COC(=O)Cc1ccc2c(c1)CCC2. The summed E-state index contributed by atoms with van der Waals surface area (Å²) < 4.78 is 5.15. The molecule has 4 heteroatoms. The Morgan fingerprint density at radius 1 is 1.12 bits per heavy atom. The van der Waals surface area contributed by atoms with Crippen molar-refractivity contribution in [2.45, 2.75) is 64.3 Å². The lowest BCUT2D eigenvalue weighted by Gasteiger charge is -2.29. The van der Waals surface area contributed by atoms with Crippen LogP contribution in [0.5, 0.6) is 0 Å². The van der Waals surface area contributed by atoms with Gasteiger partial charge in [-0.1, -0.05) is 38.0 Å². The first-order valence-electron chi connectivity index (χ1n) is 9.17. The maximum absolute atomic E-state index is 12.0. The van der Waals surface area contributed by atoms with Gasteiger partial charge < -0.3 is 10.1 Å². The second kappa shape index (κ2) is 7.82. The number of carbonyl (C=O) groups excluding carboxylic acids is 2. The molecule has 130 valence electrons. The standard InChI is InChI=1S/C20H27NO3/c1-14-5-2-3-8-18(14)21-19(22)13-24-20(23)12-15-9-10-16-6-4-7-17(16)11-15/h9-11,14,18H,2-8,12-13H2,1H3,(H,21,22)/t14-,18-/m1/s1. The van der Waals surface area contributed by atoms with Crippen LogP contribution in [0.3, 0.4) is 0 Å². The lowest BCUT2D eigenvalue weighted by atomic mass is 9.86. The monoisotopic (exact) mass is 329 g/mol. The summed E-state index contributed by atoms with van der Waals surface area (Å²) in [6.45, 7) is 2.00. The molecule has 1 saturated carbocycles. The van der Waals surface area contributed by atoms with E-state index in [-0.39, 0.29) is 30.9 Å². The molecule has 1 amide bonds. The Balaban J connectivity index is 1.42. The van der Waals surface area contributed by atoms with Crippen LogP contribution in [-0.2, 0) is 33.6 Å². The van der Waals surface area contributed by atoms with Gasteiger partial charge in [0.2, 0.25) is 0 Å². The number of hydrogen-bond donors (Lipinski definition) is 1. The Morgan fingerprint density at radius 3 is 2.75 bits per heavy atom. The summed E-state index contributed by atoms with van der Waals surface area (Å²) in [7, 11) is 0. The van der Waals surface area contributed by atoms with E-state index in [1.807, 2.05) is 6.07 Å². The number of amides is 1. The summed E-state index contributed by atoms with van der Waals surface area (Å²) in [6, 6.07) is 6.44. The first kappa shape index (κ1) is 17.0. The van der Waals surface area contributed by atoms with Gasteiger partial charge in [-0.2, -0.15) is 0 Å². The zero-order chi connectivity index (χ0) is 16.9. The van der Waals surface area contributed by atoms with Gasteiger partial charge in [-0.15, -0.1) is 0 Å². The summed E-state index contributed by atoms with van der Waals surface area (Å²) >= 11 is 0. The van der Waals surface area contributed by atoms with Gasteiger partial charge in [0.05, 0.1) is 6.42 Å². The summed E-state index contributed by atoms with van der Waals surface area (Å²) in [5.41, 5.74) is 3.72. The molecule has 0 saturated heterocycles. The molecule has 3 rings (SSSR count). The molecule has 2 atom stereocenters. The van der Waals surface area contributed by atoms with Crippen molar-refractivity contribution in [1.29, 1.82) is 0 Å². The summed E-state index contributed by atoms with van der Waals surface area (Å²) in [6.07, 6.45) is 8.25. The molecule has 0 aromatic heterocycles. The highest BCUT2D eigenvalue weighted by atomic mass is 16.5. The molecule has 0 aliphatic heterocycles. The van der Waals surface area contributed by atoms with Crippen molar-refractivity contribution in [2.24, 2.45) is 5.92 Å². The Kier molecular flexibility index (Phi) is 5.54. The van der Waals surface area contributed by atoms with Gasteiger partial charge in [0.15, 0.2) is 6.61 Å². The average Bonchev–Trinajstić information content (AvgIpc) is 3.03.